The lowest BCUT2D eigenvalue weighted by Gasteiger charge is -1.97. The molecule has 0 aliphatic rings. The number of aryl methyl sites for hydroxylation is 2. The molecule has 0 amide bonds. The molecule has 0 saturated carbocycles. The Bertz CT molecular complexity index is 679. The Morgan fingerprint density at radius 1 is 1.00 bits per heavy atom. The zero-order chi connectivity index (χ0) is 16.2. The summed E-state index contributed by atoms with van der Waals surface area (Å²) in [6, 6.07) is 6.39. The molecule has 0 aliphatic carbocycles. The zero-order valence-corrected chi connectivity index (χ0v) is 12.7. The van der Waals surface area contributed by atoms with Crippen LogP contribution in [0.25, 0.3) is 0 Å². The third-order valence-corrected chi connectivity index (χ3v) is 3.37. The Hall–Kier alpha value is -1.72. The quantitative estimate of drug-likeness (QED) is 0.459. The summed E-state index contributed by atoms with van der Waals surface area (Å²) < 4.78 is 25.0. The van der Waals surface area contributed by atoms with Crippen LogP contribution in [-0.2, 0) is 0 Å². The molecule has 2 aromatic rings. The van der Waals surface area contributed by atoms with E-state index < -0.39 is 16.4 Å². The highest BCUT2D eigenvalue weighted by Crippen LogP contribution is 2.24. The number of hydrogen-bond acceptors (Lipinski definition) is 2. The first kappa shape index (κ1) is 20.3. The summed E-state index contributed by atoms with van der Waals surface area (Å²) in [7, 11) is 0. The fraction of sp³-hybridized carbons (Fsp3) is 0.200. The van der Waals surface area contributed by atoms with Crippen LogP contribution in [-0.4, -0.2) is 4.92 Å². The van der Waals surface area contributed by atoms with Crippen molar-refractivity contribution >= 4 is 28.9 Å². The average Bonchev–Trinajstić information content (AvgIpc) is 2.39. The second-order valence-electron chi connectivity index (χ2n) is 4.20. The molecule has 3 nitrogen and oxygen atoms in total. The van der Waals surface area contributed by atoms with E-state index in [1.54, 1.807) is 13.0 Å². The van der Waals surface area contributed by atoms with Gasteiger partial charge in [0.2, 0.25) is 5.82 Å². The maximum atomic E-state index is 12.8. The van der Waals surface area contributed by atoms with Crippen LogP contribution in [0.3, 0.4) is 0 Å². The monoisotopic (exact) mass is 349 g/mol. The molecule has 0 saturated heterocycles. The Morgan fingerprint density at radius 3 is 2.00 bits per heavy atom. The van der Waals surface area contributed by atoms with Gasteiger partial charge in [0.05, 0.1) is 4.92 Å². The van der Waals surface area contributed by atoms with Crippen molar-refractivity contribution in [2.45, 2.75) is 21.3 Å². The fourth-order valence-electron chi connectivity index (χ4n) is 1.35. The molecule has 0 fully saturated rings. The molecule has 0 bridgehead atoms. The van der Waals surface area contributed by atoms with E-state index in [1.165, 1.54) is 12.1 Å². The van der Waals surface area contributed by atoms with Crippen LogP contribution < -0.4 is 0 Å². The molecule has 22 heavy (non-hydrogen) atoms. The molecule has 0 aromatic heterocycles. The smallest absolute Gasteiger partial charge is 0.258 e. The van der Waals surface area contributed by atoms with Crippen molar-refractivity contribution in [3.63, 3.8) is 0 Å². The molecule has 2 rings (SSSR count). The first-order chi connectivity index (χ1) is 9.72. The van der Waals surface area contributed by atoms with Gasteiger partial charge in [-0.3, -0.25) is 10.1 Å². The Balaban J connectivity index is 0.000000397. The van der Waals surface area contributed by atoms with E-state index in [2.05, 4.69) is 0 Å². The van der Waals surface area contributed by atoms with Crippen molar-refractivity contribution in [3.8, 4) is 0 Å². The number of rotatable bonds is 1. The van der Waals surface area contributed by atoms with Gasteiger partial charge in [0.1, 0.15) is 5.82 Å². The summed E-state index contributed by atoms with van der Waals surface area (Å²) >= 11 is 11.1. The summed E-state index contributed by atoms with van der Waals surface area (Å²) in [6.07, 6.45) is 0. The number of nitro benzene ring substituents is 1. The topological polar surface area (TPSA) is 43.1 Å². The molecule has 0 unspecified atom stereocenters. The predicted molar refractivity (Wildman–Crippen MR) is 85.7 cm³/mol. The molecule has 0 N–H and O–H groups in total. The third kappa shape index (κ3) is 5.58. The van der Waals surface area contributed by atoms with E-state index in [0.717, 1.165) is 17.7 Å². The minimum absolute atomic E-state index is 0. The molecule has 0 atom stereocenters. The van der Waals surface area contributed by atoms with Crippen LogP contribution in [0.1, 0.15) is 18.6 Å². The Kier molecular flexibility index (Phi) is 7.98. The molecule has 120 valence electrons. The van der Waals surface area contributed by atoms with Gasteiger partial charge in [-0.1, -0.05) is 36.7 Å². The van der Waals surface area contributed by atoms with Crippen LogP contribution in [0.15, 0.2) is 30.3 Å². The zero-order valence-electron chi connectivity index (χ0n) is 11.2. The Morgan fingerprint density at radius 2 is 1.55 bits per heavy atom. The van der Waals surface area contributed by atoms with Gasteiger partial charge in [-0.15, -0.1) is 0 Å². The van der Waals surface area contributed by atoms with E-state index in [1.807, 2.05) is 6.92 Å². The summed E-state index contributed by atoms with van der Waals surface area (Å²) in [5, 5.41) is 10.9. The number of benzene rings is 2. The molecule has 0 heterocycles. The molecule has 2 aromatic carbocycles. The first-order valence-electron chi connectivity index (χ1n) is 5.74. The lowest BCUT2D eigenvalue weighted by molar-refractivity contribution is -0.387. The predicted octanol–water partition coefficient (Wildman–Crippen LogP) is 6.12. The van der Waals surface area contributed by atoms with Crippen LogP contribution in [0.4, 0.5) is 14.5 Å². The normalized spacial score (nSPS) is 9.36. The SMILES string of the molecule is C.Cc1cc([N+](=O)[O-])c(F)cc1Cl.Cc1ccc(F)cc1Cl. The second kappa shape index (κ2) is 8.66. The van der Waals surface area contributed by atoms with Gasteiger partial charge < -0.3 is 0 Å². The number of halogens is 4. The fourth-order valence-corrected chi connectivity index (χ4v) is 1.67. The van der Waals surface area contributed by atoms with Gasteiger partial charge in [-0.05, 0) is 43.2 Å². The summed E-state index contributed by atoms with van der Waals surface area (Å²) in [5.41, 5.74) is 0.847. The first-order valence-corrected chi connectivity index (χ1v) is 6.49. The van der Waals surface area contributed by atoms with Crippen LogP contribution in [0, 0.1) is 35.6 Å². The van der Waals surface area contributed by atoms with Gasteiger partial charge in [0.25, 0.3) is 0 Å². The van der Waals surface area contributed by atoms with E-state index in [0.29, 0.717) is 10.6 Å². The van der Waals surface area contributed by atoms with Crippen molar-refractivity contribution < 1.29 is 13.7 Å². The highest BCUT2D eigenvalue weighted by Gasteiger charge is 2.15. The Labute approximate surface area is 137 Å². The molecular weight excluding hydrogens is 335 g/mol. The summed E-state index contributed by atoms with van der Waals surface area (Å²) in [6.45, 7) is 3.41. The van der Waals surface area contributed by atoms with Gasteiger partial charge in [0.15, 0.2) is 0 Å². The molecule has 0 aliphatic heterocycles. The summed E-state index contributed by atoms with van der Waals surface area (Å²) in [4.78, 5) is 9.43. The average molecular weight is 350 g/mol. The van der Waals surface area contributed by atoms with Crippen molar-refractivity contribution in [3.05, 3.63) is 73.3 Å². The molecule has 7 heteroatoms. The third-order valence-electron chi connectivity index (χ3n) is 2.56. The van der Waals surface area contributed by atoms with Crippen LogP contribution in [0.2, 0.25) is 10.0 Å². The van der Waals surface area contributed by atoms with Crippen molar-refractivity contribution in [2.75, 3.05) is 0 Å². The van der Waals surface area contributed by atoms with E-state index in [4.69, 9.17) is 23.2 Å². The number of hydrogen-bond donors (Lipinski definition) is 0. The highest BCUT2D eigenvalue weighted by molar-refractivity contribution is 6.31. The lowest BCUT2D eigenvalue weighted by Crippen LogP contribution is -1.93. The molecule has 0 spiro atoms. The second-order valence-corrected chi connectivity index (χ2v) is 5.02. The number of nitrogens with zero attached hydrogens (tertiary/aromatic N) is 1. The van der Waals surface area contributed by atoms with Crippen molar-refractivity contribution in [2.24, 2.45) is 0 Å². The van der Waals surface area contributed by atoms with Gasteiger partial charge in [0, 0.05) is 16.1 Å². The lowest BCUT2D eigenvalue weighted by atomic mass is 10.2. The maximum Gasteiger partial charge on any atom is 0.305 e. The number of nitro groups is 1. The molecule has 0 radical (unpaired) electrons. The minimum atomic E-state index is -0.907. The van der Waals surface area contributed by atoms with Crippen molar-refractivity contribution in [1.29, 1.82) is 0 Å². The van der Waals surface area contributed by atoms with Gasteiger partial charge in [-0.25, -0.2) is 4.39 Å². The highest BCUT2D eigenvalue weighted by atomic mass is 35.5. The largest absolute Gasteiger partial charge is 0.305 e. The van der Waals surface area contributed by atoms with Crippen LogP contribution in [0.5, 0.6) is 0 Å². The maximum absolute atomic E-state index is 12.8. The van der Waals surface area contributed by atoms with Crippen molar-refractivity contribution in [1.82, 2.24) is 0 Å². The minimum Gasteiger partial charge on any atom is -0.258 e. The van der Waals surface area contributed by atoms with E-state index in [9.17, 15) is 18.9 Å². The standard InChI is InChI=1S/C7H5ClFNO2.C7H6ClF.CH4/c1-4-2-7(10(11)12)6(9)3-5(4)8;1-5-2-3-6(9)4-7(5)8;/h2-3H,1H3;2-4H,1H3;1H4. The molecular formula is C15H15Cl2F2NO2. The van der Waals surface area contributed by atoms with Gasteiger partial charge in [-0.2, -0.15) is 4.39 Å². The van der Waals surface area contributed by atoms with E-state index in [-0.39, 0.29) is 18.3 Å². The van der Waals surface area contributed by atoms with Gasteiger partial charge >= 0.3 is 5.69 Å². The summed E-state index contributed by atoms with van der Waals surface area (Å²) in [5.74, 6) is -1.19. The van der Waals surface area contributed by atoms with Crippen LogP contribution >= 0.6 is 23.2 Å². The van der Waals surface area contributed by atoms with E-state index >= 15 is 0 Å².